The van der Waals surface area contributed by atoms with Crippen molar-refractivity contribution in [3.05, 3.63) is 29.6 Å². The van der Waals surface area contributed by atoms with E-state index in [0.717, 1.165) is 23.1 Å². The van der Waals surface area contributed by atoms with Crippen molar-refractivity contribution in [1.82, 2.24) is 5.32 Å². The molecular formula is C14H20N2O2S2. The Morgan fingerprint density at radius 1 is 1.30 bits per heavy atom. The van der Waals surface area contributed by atoms with E-state index in [2.05, 4.69) is 17.0 Å². The zero-order chi connectivity index (χ0) is 14.6. The molecular weight excluding hydrogens is 292 g/mol. The fourth-order valence-electron chi connectivity index (χ4n) is 1.89. The van der Waals surface area contributed by atoms with Crippen molar-refractivity contribution < 1.29 is 8.42 Å². The van der Waals surface area contributed by atoms with E-state index in [1.165, 1.54) is 0 Å². The number of benzene rings is 1. The molecule has 0 spiro atoms. The second kappa shape index (κ2) is 6.56. The number of thiophene rings is 1. The highest BCUT2D eigenvalue weighted by Crippen LogP contribution is 2.24. The molecule has 0 amide bonds. The van der Waals surface area contributed by atoms with Crippen molar-refractivity contribution in [1.29, 1.82) is 0 Å². The third-order valence-electron chi connectivity index (χ3n) is 3.10. The van der Waals surface area contributed by atoms with E-state index in [4.69, 9.17) is 0 Å². The van der Waals surface area contributed by atoms with Gasteiger partial charge in [-0.25, -0.2) is 8.42 Å². The van der Waals surface area contributed by atoms with E-state index >= 15 is 0 Å². The minimum absolute atomic E-state index is 0.462. The molecule has 0 bridgehead atoms. The Morgan fingerprint density at radius 2 is 2.10 bits per heavy atom. The van der Waals surface area contributed by atoms with Crippen LogP contribution in [0.5, 0.6) is 0 Å². The van der Waals surface area contributed by atoms with Gasteiger partial charge >= 0.3 is 0 Å². The molecule has 1 heterocycles. The largest absolute Gasteiger partial charge is 0.315 e. The first kappa shape index (κ1) is 15.3. The first-order valence-corrected chi connectivity index (χ1v) is 9.15. The Hall–Kier alpha value is -1.11. The summed E-state index contributed by atoms with van der Waals surface area (Å²) in [4.78, 5) is 0. The summed E-state index contributed by atoms with van der Waals surface area (Å²) in [6, 6.07) is 7.61. The van der Waals surface area contributed by atoms with E-state index in [0.29, 0.717) is 12.2 Å². The maximum atomic E-state index is 12.2. The van der Waals surface area contributed by atoms with Crippen LogP contribution >= 0.6 is 11.3 Å². The standard InChI is InChI=1S/C14H20N2O2S2/c1-3-7-15-10-11(2)20(17,18)16-13-4-5-14-12(9-13)6-8-19-14/h4-6,8-9,11,15-16H,3,7,10H2,1-2H3. The van der Waals surface area contributed by atoms with Gasteiger partial charge in [-0.2, -0.15) is 0 Å². The van der Waals surface area contributed by atoms with Crippen molar-refractivity contribution in [3.8, 4) is 0 Å². The van der Waals surface area contributed by atoms with Gasteiger partial charge < -0.3 is 5.32 Å². The van der Waals surface area contributed by atoms with Gasteiger partial charge in [0.2, 0.25) is 10.0 Å². The fraction of sp³-hybridized carbons (Fsp3) is 0.429. The fourth-order valence-corrected chi connectivity index (χ4v) is 3.65. The van der Waals surface area contributed by atoms with Crippen molar-refractivity contribution in [2.45, 2.75) is 25.5 Å². The van der Waals surface area contributed by atoms with Gasteiger partial charge in [0.15, 0.2) is 0 Å². The Balaban J connectivity index is 2.06. The second-order valence-electron chi connectivity index (χ2n) is 4.84. The average molecular weight is 312 g/mol. The normalized spacial score (nSPS) is 13.5. The highest BCUT2D eigenvalue weighted by molar-refractivity contribution is 7.93. The average Bonchev–Trinajstić information content (AvgIpc) is 2.85. The zero-order valence-corrected chi connectivity index (χ0v) is 13.4. The van der Waals surface area contributed by atoms with Crippen LogP contribution in [-0.4, -0.2) is 26.8 Å². The van der Waals surface area contributed by atoms with Crippen LogP contribution in [0.1, 0.15) is 20.3 Å². The van der Waals surface area contributed by atoms with E-state index < -0.39 is 15.3 Å². The summed E-state index contributed by atoms with van der Waals surface area (Å²) < 4.78 is 28.3. The molecule has 1 aromatic heterocycles. The topological polar surface area (TPSA) is 58.2 Å². The number of fused-ring (bicyclic) bond motifs is 1. The quantitative estimate of drug-likeness (QED) is 0.773. The molecule has 0 fully saturated rings. The number of hydrogen-bond acceptors (Lipinski definition) is 4. The van der Waals surface area contributed by atoms with Gasteiger partial charge in [0, 0.05) is 16.9 Å². The summed E-state index contributed by atoms with van der Waals surface area (Å²) in [6.07, 6.45) is 0.995. The monoisotopic (exact) mass is 312 g/mol. The van der Waals surface area contributed by atoms with Gasteiger partial charge in [-0.1, -0.05) is 6.92 Å². The van der Waals surface area contributed by atoms with E-state index in [1.807, 2.05) is 29.6 Å². The van der Waals surface area contributed by atoms with Gasteiger partial charge in [0.25, 0.3) is 0 Å². The number of sulfonamides is 1. The number of nitrogens with one attached hydrogen (secondary N) is 2. The molecule has 1 unspecified atom stereocenters. The molecule has 0 radical (unpaired) electrons. The van der Waals surface area contributed by atoms with Crippen molar-refractivity contribution in [3.63, 3.8) is 0 Å². The molecule has 2 N–H and O–H groups in total. The lowest BCUT2D eigenvalue weighted by molar-refractivity contribution is 0.576. The molecule has 0 aliphatic heterocycles. The molecule has 2 rings (SSSR count). The molecule has 6 heteroatoms. The first-order valence-electron chi connectivity index (χ1n) is 6.72. The van der Waals surface area contributed by atoms with Crippen molar-refractivity contribution in [2.75, 3.05) is 17.8 Å². The van der Waals surface area contributed by atoms with Crippen LogP contribution in [0.25, 0.3) is 10.1 Å². The van der Waals surface area contributed by atoms with Crippen molar-refractivity contribution in [2.24, 2.45) is 0 Å². The predicted octanol–water partition coefficient (Wildman–Crippen LogP) is 3.03. The molecule has 4 nitrogen and oxygen atoms in total. The van der Waals surface area contributed by atoms with Crippen molar-refractivity contribution >= 4 is 37.1 Å². The number of hydrogen-bond donors (Lipinski definition) is 2. The summed E-state index contributed by atoms with van der Waals surface area (Å²) in [5, 5.41) is 5.73. The van der Waals surface area contributed by atoms with Crippen LogP contribution in [-0.2, 0) is 10.0 Å². The smallest absolute Gasteiger partial charge is 0.236 e. The Kier molecular flexibility index (Phi) is 5.01. The van der Waals surface area contributed by atoms with Gasteiger partial charge in [-0.15, -0.1) is 11.3 Å². The first-order chi connectivity index (χ1) is 9.53. The zero-order valence-electron chi connectivity index (χ0n) is 11.7. The molecule has 1 atom stereocenters. The molecule has 0 aliphatic carbocycles. The SMILES string of the molecule is CCCNCC(C)S(=O)(=O)Nc1ccc2sccc2c1. The van der Waals surface area contributed by atoms with Crippen LogP contribution in [0.4, 0.5) is 5.69 Å². The highest BCUT2D eigenvalue weighted by atomic mass is 32.2. The molecule has 0 saturated heterocycles. The van der Waals surface area contributed by atoms with Gasteiger partial charge in [0.05, 0.1) is 5.25 Å². The second-order valence-corrected chi connectivity index (χ2v) is 7.88. The van der Waals surface area contributed by atoms with Crippen LogP contribution in [0.15, 0.2) is 29.6 Å². The Bertz CT molecular complexity index is 665. The van der Waals surface area contributed by atoms with Crippen LogP contribution in [0.2, 0.25) is 0 Å². The molecule has 110 valence electrons. The van der Waals surface area contributed by atoms with Crippen LogP contribution < -0.4 is 10.0 Å². The number of rotatable bonds is 7. The molecule has 20 heavy (non-hydrogen) atoms. The van der Waals surface area contributed by atoms with Crippen LogP contribution in [0.3, 0.4) is 0 Å². The summed E-state index contributed by atoms with van der Waals surface area (Å²) >= 11 is 1.65. The summed E-state index contributed by atoms with van der Waals surface area (Å²) in [5.74, 6) is 0. The third-order valence-corrected chi connectivity index (χ3v) is 5.75. The van der Waals surface area contributed by atoms with E-state index in [1.54, 1.807) is 18.3 Å². The van der Waals surface area contributed by atoms with Gasteiger partial charge in [0.1, 0.15) is 0 Å². The lowest BCUT2D eigenvalue weighted by Crippen LogP contribution is -2.35. The summed E-state index contributed by atoms with van der Waals surface area (Å²) in [6.45, 7) is 5.07. The maximum Gasteiger partial charge on any atom is 0.236 e. The molecule has 0 saturated carbocycles. The number of anilines is 1. The highest BCUT2D eigenvalue weighted by Gasteiger charge is 2.20. The predicted molar refractivity (Wildman–Crippen MR) is 87.0 cm³/mol. The Labute approximate surface area is 124 Å². The maximum absolute atomic E-state index is 12.2. The third kappa shape index (κ3) is 3.71. The lowest BCUT2D eigenvalue weighted by atomic mass is 10.2. The van der Waals surface area contributed by atoms with Gasteiger partial charge in [-0.3, -0.25) is 4.72 Å². The minimum Gasteiger partial charge on any atom is -0.315 e. The minimum atomic E-state index is -3.35. The molecule has 0 aliphatic rings. The van der Waals surface area contributed by atoms with Crippen LogP contribution in [0, 0.1) is 0 Å². The molecule has 2 aromatic rings. The summed E-state index contributed by atoms with van der Waals surface area (Å²) in [7, 11) is -3.35. The molecule has 1 aromatic carbocycles. The van der Waals surface area contributed by atoms with E-state index in [-0.39, 0.29) is 0 Å². The summed E-state index contributed by atoms with van der Waals surface area (Å²) in [5.41, 5.74) is 0.623. The lowest BCUT2D eigenvalue weighted by Gasteiger charge is -2.15. The van der Waals surface area contributed by atoms with E-state index in [9.17, 15) is 8.42 Å². The Morgan fingerprint density at radius 3 is 2.85 bits per heavy atom. The van der Waals surface area contributed by atoms with Gasteiger partial charge in [-0.05, 0) is 54.9 Å².